The van der Waals surface area contributed by atoms with E-state index in [0.29, 0.717) is 22.5 Å². The van der Waals surface area contributed by atoms with Gasteiger partial charge in [-0.15, -0.1) is 0 Å². The molecule has 0 unspecified atom stereocenters. The lowest BCUT2D eigenvalue weighted by Gasteiger charge is -2.20. The van der Waals surface area contributed by atoms with Crippen molar-refractivity contribution in [3.8, 4) is 28.3 Å². The average molecular weight is 388 g/mol. The topological polar surface area (TPSA) is 48.9 Å². The molecule has 0 aliphatic carbocycles. The number of hydrogen-bond donors (Lipinski definition) is 2. The van der Waals surface area contributed by atoms with Gasteiger partial charge >= 0.3 is 0 Å². The van der Waals surface area contributed by atoms with Gasteiger partial charge in [-0.2, -0.15) is 0 Å². The second kappa shape index (κ2) is 6.73. The molecule has 0 aliphatic rings. The number of H-pyrrole nitrogens is 1. The summed E-state index contributed by atoms with van der Waals surface area (Å²) in [5, 5.41) is 10.4. The van der Waals surface area contributed by atoms with Crippen LogP contribution in [0.4, 0.5) is 4.39 Å². The molecule has 1 aromatic heterocycles. The molecule has 0 atom stereocenters. The number of phenols is 1. The quantitative estimate of drug-likeness (QED) is 0.403. The van der Waals surface area contributed by atoms with E-state index < -0.39 is 5.82 Å². The van der Waals surface area contributed by atoms with Gasteiger partial charge in [-0.1, -0.05) is 45.0 Å². The van der Waals surface area contributed by atoms with Crippen LogP contribution in [0.2, 0.25) is 0 Å². The van der Waals surface area contributed by atoms with Crippen molar-refractivity contribution in [2.45, 2.75) is 40.0 Å². The van der Waals surface area contributed by atoms with Crippen molar-refractivity contribution >= 4 is 11.0 Å². The van der Waals surface area contributed by atoms with E-state index in [4.69, 9.17) is 0 Å². The molecular formula is C25H25FN2O. The van der Waals surface area contributed by atoms with Crippen LogP contribution in [0.25, 0.3) is 33.5 Å². The molecule has 0 amide bonds. The number of benzene rings is 3. The Kier molecular flexibility index (Phi) is 4.45. The number of hydrogen-bond acceptors (Lipinski definition) is 2. The normalized spacial score (nSPS) is 11.9. The monoisotopic (exact) mass is 388 g/mol. The van der Waals surface area contributed by atoms with Gasteiger partial charge in [-0.3, -0.25) is 0 Å². The van der Waals surface area contributed by atoms with Gasteiger partial charge in [0.2, 0.25) is 0 Å². The number of aromatic amines is 1. The highest BCUT2D eigenvalue weighted by Gasteiger charge is 2.20. The summed E-state index contributed by atoms with van der Waals surface area (Å²) in [5.74, 6) is 0.277. The number of nitrogens with one attached hydrogen (secondary N) is 1. The van der Waals surface area contributed by atoms with Crippen molar-refractivity contribution in [2.75, 3.05) is 0 Å². The molecule has 3 aromatic carbocycles. The summed E-state index contributed by atoms with van der Waals surface area (Å²) in [4.78, 5) is 7.83. The molecular weight excluding hydrogens is 363 g/mol. The molecule has 0 saturated heterocycles. The molecule has 4 heteroatoms. The molecule has 148 valence electrons. The standard InChI is InChI=1S/C25H25FN2O/c1-14-7-6-8-15(2)21(14)24-27-19-11-10-17(22(26)23(19)28-24)18-13-16(25(3,4)5)9-12-20(18)29/h6-13,29H,1-5H3,(H,27,28). The molecule has 4 rings (SSSR count). The fourth-order valence-electron chi connectivity index (χ4n) is 3.77. The molecule has 0 aliphatic heterocycles. The third-order valence-electron chi connectivity index (χ3n) is 5.46. The highest BCUT2D eigenvalue weighted by atomic mass is 19.1. The minimum absolute atomic E-state index is 0.0572. The summed E-state index contributed by atoms with van der Waals surface area (Å²) < 4.78 is 15.5. The van der Waals surface area contributed by atoms with E-state index in [9.17, 15) is 5.11 Å². The zero-order valence-corrected chi connectivity index (χ0v) is 17.4. The van der Waals surface area contributed by atoms with Crippen LogP contribution >= 0.6 is 0 Å². The number of phenolic OH excluding ortho intramolecular Hbond substituents is 1. The van der Waals surface area contributed by atoms with E-state index in [2.05, 4.69) is 30.7 Å². The van der Waals surface area contributed by atoms with Crippen molar-refractivity contribution < 1.29 is 9.50 Å². The first-order valence-electron chi connectivity index (χ1n) is 9.75. The van der Waals surface area contributed by atoms with Crippen LogP contribution in [-0.4, -0.2) is 15.1 Å². The van der Waals surface area contributed by atoms with Gasteiger partial charge in [0.25, 0.3) is 0 Å². The number of nitrogens with zero attached hydrogens (tertiary/aromatic N) is 1. The molecule has 1 heterocycles. The van der Waals surface area contributed by atoms with Crippen LogP contribution < -0.4 is 0 Å². The number of fused-ring (bicyclic) bond motifs is 1. The molecule has 0 spiro atoms. The van der Waals surface area contributed by atoms with E-state index in [1.54, 1.807) is 12.1 Å². The second-order valence-corrected chi connectivity index (χ2v) is 8.66. The molecule has 4 aromatic rings. The van der Waals surface area contributed by atoms with Crippen molar-refractivity contribution in [2.24, 2.45) is 0 Å². The highest BCUT2D eigenvalue weighted by Crippen LogP contribution is 2.37. The van der Waals surface area contributed by atoms with Crippen LogP contribution in [0.1, 0.15) is 37.5 Å². The zero-order valence-electron chi connectivity index (χ0n) is 17.4. The number of halogens is 1. The van der Waals surface area contributed by atoms with Gasteiger partial charge in [0.15, 0.2) is 5.82 Å². The van der Waals surface area contributed by atoms with Gasteiger partial charge in [-0.05, 0) is 60.2 Å². The highest BCUT2D eigenvalue weighted by molar-refractivity contribution is 5.87. The summed E-state index contributed by atoms with van der Waals surface area (Å²) in [5.41, 5.74) is 5.82. The van der Waals surface area contributed by atoms with E-state index in [-0.39, 0.29) is 16.7 Å². The lowest BCUT2D eigenvalue weighted by molar-refractivity contribution is 0.475. The first-order chi connectivity index (χ1) is 13.7. The Hall–Kier alpha value is -3.14. The Morgan fingerprint density at radius 3 is 2.28 bits per heavy atom. The van der Waals surface area contributed by atoms with E-state index in [0.717, 1.165) is 22.3 Å². The predicted octanol–water partition coefficient (Wildman–Crippen LogP) is 6.66. The minimum Gasteiger partial charge on any atom is -0.507 e. The number of rotatable bonds is 2. The fraction of sp³-hybridized carbons (Fsp3) is 0.240. The summed E-state index contributed by atoms with van der Waals surface area (Å²) in [6.45, 7) is 10.3. The zero-order chi connectivity index (χ0) is 20.9. The largest absolute Gasteiger partial charge is 0.507 e. The first-order valence-corrected chi connectivity index (χ1v) is 9.75. The van der Waals surface area contributed by atoms with Gasteiger partial charge in [-0.25, -0.2) is 9.37 Å². The molecule has 29 heavy (non-hydrogen) atoms. The van der Waals surface area contributed by atoms with Crippen LogP contribution in [0, 0.1) is 19.7 Å². The number of aromatic hydroxyl groups is 1. The summed E-state index contributed by atoms with van der Waals surface area (Å²) in [6.07, 6.45) is 0. The third kappa shape index (κ3) is 3.29. The van der Waals surface area contributed by atoms with E-state index >= 15 is 4.39 Å². The average Bonchev–Trinajstić information content (AvgIpc) is 3.06. The maximum Gasteiger partial charge on any atom is 0.158 e. The SMILES string of the molecule is Cc1cccc(C)c1-c1nc2c(F)c(-c3cc(C(C)(C)C)ccc3O)ccc2[nH]1. The Labute approximate surface area is 170 Å². The summed E-state index contributed by atoms with van der Waals surface area (Å²) >= 11 is 0. The number of imidazole rings is 1. The summed E-state index contributed by atoms with van der Waals surface area (Å²) in [6, 6.07) is 14.9. The molecule has 0 fully saturated rings. The van der Waals surface area contributed by atoms with E-state index in [1.807, 2.05) is 50.2 Å². The Morgan fingerprint density at radius 2 is 1.62 bits per heavy atom. The van der Waals surface area contributed by atoms with Crippen LogP contribution in [0.15, 0.2) is 48.5 Å². The van der Waals surface area contributed by atoms with Gasteiger partial charge in [0.05, 0.1) is 5.52 Å². The maximum atomic E-state index is 15.5. The Balaban J connectivity index is 1.91. The first kappa shape index (κ1) is 19.2. The van der Waals surface area contributed by atoms with Crippen molar-refractivity contribution in [3.63, 3.8) is 0 Å². The van der Waals surface area contributed by atoms with Crippen molar-refractivity contribution in [1.29, 1.82) is 0 Å². The maximum absolute atomic E-state index is 15.5. The lowest BCUT2D eigenvalue weighted by Crippen LogP contribution is -2.10. The summed E-state index contributed by atoms with van der Waals surface area (Å²) in [7, 11) is 0. The Bertz CT molecular complexity index is 1210. The van der Waals surface area contributed by atoms with E-state index in [1.165, 1.54) is 0 Å². The van der Waals surface area contributed by atoms with Crippen molar-refractivity contribution in [1.82, 2.24) is 9.97 Å². The second-order valence-electron chi connectivity index (χ2n) is 8.66. The smallest absolute Gasteiger partial charge is 0.158 e. The predicted molar refractivity (Wildman–Crippen MR) is 117 cm³/mol. The van der Waals surface area contributed by atoms with Crippen LogP contribution in [-0.2, 0) is 5.41 Å². The van der Waals surface area contributed by atoms with Gasteiger partial charge in [0, 0.05) is 16.7 Å². The molecule has 3 nitrogen and oxygen atoms in total. The molecule has 0 bridgehead atoms. The molecule has 0 saturated carbocycles. The van der Waals surface area contributed by atoms with Crippen LogP contribution in [0.3, 0.4) is 0 Å². The Morgan fingerprint density at radius 1 is 0.931 bits per heavy atom. The fourth-order valence-corrected chi connectivity index (χ4v) is 3.77. The van der Waals surface area contributed by atoms with Crippen molar-refractivity contribution in [3.05, 3.63) is 71.0 Å². The van der Waals surface area contributed by atoms with Gasteiger partial charge in [0.1, 0.15) is 17.1 Å². The molecule has 0 radical (unpaired) electrons. The lowest BCUT2D eigenvalue weighted by atomic mass is 9.85. The number of aromatic nitrogens is 2. The van der Waals surface area contributed by atoms with Gasteiger partial charge < -0.3 is 10.1 Å². The minimum atomic E-state index is -0.433. The molecule has 2 N–H and O–H groups in total. The number of aryl methyl sites for hydroxylation is 2. The van der Waals surface area contributed by atoms with Crippen LogP contribution in [0.5, 0.6) is 5.75 Å². The third-order valence-corrected chi connectivity index (χ3v) is 5.46.